The van der Waals surface area contributed by atoms with Crippen LogP contribution >= 0.6 is 0 Å². The topological polar surface area (TPSA) is 66.8 Å². The monoisotopic (exact) mass is 317 g/mol. The zero-order valence-electron chi connectivity index (χ0n) is 13.9. The van der Waals surface area contributed by atoms with E-state index in [9.17, 15) is 14.7 Å². The molecule has 1 heterocycles. The van der Waals surface area contributed by atoms with E-state index in [1.54, 1.807) is 4.90 Å². The zero-order chi connectivity index (χ0) is 16.8. The van der Waals surface area contributed by atoms with Crippen molar-refractivity contribution < 1.29 is 19.4 Å². The van der Waals surface area contributed by atoms with Crippen LogP contribution in [0.25, 0.3) is 0 Å². The van der Waals surface area contributed by atoms with Crippen LogP contribution in [0.3, 0.4) is 0 Å². The van der Waals surface area contributed by atoms with E-state index in [2.05, 4.69) is 0 Å². The minimum Gasteiger partial charge on any atom is -0.481 e. The van der Waals surface area contributed by atoms with Gasteiger partial charge in [0.25, 0.3) is 0 Å². The first-order valence-corrected chi connectivity index (χ1v) is 8.10. The highest BCUT2D eigenvalue weighted by atomic mass is 16.6. The Morgan fingerprint density at radius 2 is 1.96 bits per heavy atom. The van der Waals surface area contributed by atoms with Crippen molar-refractivity contribution in [2.24, 2.45) is 0 Å². The highest BCUT2D eigenvalue weighted by Crippen LogP contribution is 2.49. The molecule has 3 rings (SSSR count). The molecular weight excluding hydrogens is 294 g/mol. The first kappa shape index (κ1) is 15.8. The van der Waals surface area contributed by atoms with E-state index < -0.39 is 17.0 Å². The number of anilines is 1. The maximum Gasteiger partial charge on any atom is 0.414 e. The summed E-state index contributed by atoms with van der Waals surface area (Å²) in [6.45, 7) is 6.18. The van der Waals surface area contributed by atoms with Gasteiger partial charge in [-0.3, -0.25) is 9.69 Å². The predicted octanol–water partition coefficient (Wildman–Crippen LogP) is 3.49. The van der Waals surface area contributed by atoms with Crippen LogP contribution in [-0.4, -0.2) is 29.3 Å². The highest BCUT2D eigenvalue weighted by molar-refractivity contribution is 5.90. The summed E-state index contributed by atoms with van der Waals surface area (Å²) in [5.74, 6) is -0.753. The van der Waals surface area contributed by atoms with Gasteiger partial charge in [0.15, 0.2) is 0 Å². The summed E-state index contributed by atoms with van der Waals surface area (Å²) in [5, 5.41) is 9.44. The Morgan fingerprint density at radius 3 is 2.52 bits per heavy atom. The van der Waals surface area contributed by atoms with Crippen molar-refractivity contribution in [3.05, 3.63) is 29.3 Å². The number of ether oxygens (including phenoxy) is 1. The molecule has 5 heteroatoms. The maximum atomic E-state index is 12.4. The van der Waals surface area contributed by atoms with Gasteiger partial charge < -0.3 is 9.84 Å². The number of carbonyl (C=O) groups is 2. The molecule has 0 unspecified atom stereocenters. The number of hydrogen-bond acceptors (Lipinski definition) is 3. The van der Waals surface area contributed by atoms with Gasteiger partial charge in [-0.1, -0.05) is 12.1 Å². The number of rotatable bonds is 2. The van der Waals surface area contributed by atoms with Crippen molar-refractivity contribution in [1.82, 2.24) is 0 Å². The van der Waals surface area contributed by atoms with Crippen molar-refractivity contribution in [3.8, 4) is 0 Å². The van der Waals surface area contributed by atoms with E-state index in [-0.39, 0.29) is 6.09 Å². The molecule has 0 bridgehead atoms. The minimum absolute atomic E-state index is 0.342. The van der Waals surface area contributed by atoms with E-state index in [0.717, 1.165) is 29.7 Å². The Balaban J connectivity index is 1.89. The molecule has 0 radical (unpaired) electrons. The summed E-state index contributed by atoms with van der Waals surface area (Å²) in [4.78, 5) is 25.5. The van der Waals surface area contributed by atoms with E-state index in [1.165, 1.54) is 0 Å². The fourth-order valence-electron chi connectivity index (χ4n) is 3.15. The van der Waals surface area contributed by atoms with Crippen LogP contribution in [0.4, 0.5) is 10.5 Å². The predicted molar refractivity (Wildman–Crippen MR) is 86.9 cm³/mol. The van der Waals surface area contributed by atoms with Crippen LogP contribution in [0.15, 0.2) is 18.2 Å². The van der Waals surface area contributed by atoms with Crippen LogP contribution in [0.5, 0.6) is 0 Å². The fraction of sp³-hybridized carbons (Fsp3) is 0.556. The largest absolute Gasteiger partial charge is 0.481 e. The lowest BCUT2D eigenvalue weighted by Gasteiger charge is -2.32. The van der Waals surface area contributed by atoms with Crippen molar-refractivity contribution in [1.29, 1.82) is 0 Å². The number of carboxylic acids is 1. The molecule has 5 nitrogen and oxygen atoms in total. The lowest BCUT2D eigenvalue weighted by Crippen LogP contribution is -2.39. The standard InChI is InChI=1S/C18H23NO4/c1-17(2,3)23-16(22)19-10-4-5-12-11-13(6-7-14(12)19)18(8-9-18)15(20)21/h6-7,11H,4-5,8-10H2,1-3H3,(H,20,21). The van der Waals surface area contributed by atoms with E-state index in [4.69, 9.17) is 4.74 Å². The minimum atomic E-state index is -0.753. The van der Waals surface area contributed by atoms with Crippen LogP contribution < -0.4 is 4.90 Å². The van der Waals surface area contributed by atoms with Gasteiger partial charge in [-0.25, -0.2) is 4.79 Å². The van der Waals surface area contributed by atoms with Crippen LogP contribution in [0.1, 0.15) is 51.2 Å². The third kappa shape index (κ3) is 2.92. The average molecular weight is 317 g/mol. The molecule has 1 aliphatic carbocycles. The summed E-state index contributed by atoms with van der Waals surface area (Å²) < 4.78 is 5.48. The number of nitrogens with zero attached hydrogens (tertiary/aromatic N) is 1. The molecule has 1 aromatic rings. The summed E-state index contributed by atoms with van der Waals surface area (Å²) in [6, 6.07) is 5.69. The molecule has 0 aromatic heterocycles. The lowest BCUT2D eigenvalue weighted by molar-refractivity contribution is -0.140. The first-order chi connectivity index (χ1) is 10.7. The van der Waals surface area contributed by atoms with Crippen LogP contribution in [-0.2, 0) is 21.4 Å². The number of amides is 1. The maximum absolute atomic E-state index is 12.4. The molecule has 0 saturated heterocycles. The van der Waals surface area contributed by atoms with E-state index in [1.807, 2.05) is 39.0 Å². The van der Waals surface area contributed by atoms with Gasteiger partial charge in [0.1, 0.15) is 5.60 Å². The molecule has 1 N–H and O–H groups in total. The van der Waals surface area contributed by atoms with E-state index in [0.29, 0.717) is 19.4 Å². The van der Waals surface area contributed by atoms with Gasteiger partial charge in [0, 0.05) is 6.54 Å². The molecule has 0 atom stereocenters. The molecular formula is C18H23NO4. The van der Waals surface area contributed by atoms with Crippen molar-refractivity contribution in [2.45, 2.75) is 57.5 Å². The Hall–Kier alpha value is -2.04. The molecule has 0 spiro atoms. The van der Waals surface area contributed by atoms with Gasteiger partial charge in [0.05, 0.1) is 11.1 Å². The average Bonchev–Trinajstić information content (AvgIpc) is 3.26. The molecule has 23 heavy (non-hydrogen) atoms. The van der Waals surface area contributed by atoms with Gasteiger partial charge in [0.2, 0.25) is 0 Å². The van der Waals surface area contributed by atoms with Gasteiger partial charge in [-0.2, -0.15) is 0 Å². The number of carbonyl (C=O) groups excluding carboxylic acids is 1. The van der Waals surface area contributed by atoms with E-state index >= 15 is 0 Å². The number of hydrogen-bond donors (Lipinski definition) is 1. The molecule has 2 aliphatic rings. The number of carboxylic acid groups (broad SMARTS) is 1. The second-order valence-corrected chi connectivity index (χ2v) is 7.47. The number of benzene rings is 1. The lowest BCUT2D eigenvalue weighted by atomic mass is 9.91. The fourth-order valence-corrected chi connectivity index (χ4v) is 3.15. The molecule has 1 fully saturated rings. The Labute approximate surface area is 136 Å². The normalized spacial score (nSPS) is 19.0. The molecule has 1 amide bonds. The molecule has 1 aliphatic heterocycles. The molecule has 1 saturated carbocycles. The Kier molecular flexibility index (Phi) is 3.62. The molecule has 1 aromatic carbocycles. The van der Waals surface area contributed by atoms with Crippen LogP contribution in [0, 0.1) is 0 Å². The van der Waals surface area contributed by atoms with Crippen molar-refractivity contribution in [3.63, 3.8) is 0 Å². The highest BCUT2D eigenvalue weighted by Gasteiger charge is 2.52. The van der Waals surface area contributed by atoms with Gasteiger partial charge in [-0.15, -0.1) is 0 Å². The number of fused-ring (bicyclic) bond motifs is 1. The smallest absolute Gasteiger partial charge is 0.414 e. The summed E-state index contributed by atoms with van der Waals surface area (Å²) in [5.41, 5.74) is 1.50. The zero-order valence-corrected chi connectivity index (χ0v) is 13.9. The van der Waals surface area contributed by atoms with Crippen LogP contribution in [0.2, 0.25) is 0 Å². The van der Waals surface area contributed by atoms with Crippen molar-refractivity contribution in [2.75, 3.05) is 11.4 Å². The second-order valence-electron chi connectivity index (χ2n) is 7.47. The van der Waals surface area contributed by atoms with Crippen molar-refractivity contribution >= 4 is 17.7 Å². The SMILES string of the molecule is CC(C)(C)OC(=O)N1CCCc2cc(C3(C(=O)O)CC3)ccc21. The summed E-state index contributed by atoms with van der Waals surface area (Å²) >= 11 is 0. The number of aryl methyl sites for hydroxylation is 1. The Morgan fingerprint density at radius 1 is 1.26 bits per heavy atom. The van der Waals surface area contributed by atoms with Gasteiger partial charge >= 0.3 is 12.1 Å². The van der Waals surface area contributed by atoms with Gasteiger partial charge in [-0.05, 0) is 63.6 Å². The summed E-state index contributed by atoms with van der Waals surface area (Å²) in [7, 11) is 0. The second kappa shape index (κ2) is 5.25. The third-order valence-electron chi connectivity index (χ3n) is 4.52. The molecule has 124 valence electrons. The quantitative estimate of drug-likeness (QED) is 0.906. The Bertz CT molecular complexity index is 655. The summed E-state index contributed by atoms with van der Waals surface area (Å²) in [6.07, 6.45) is 2.76. The third-order valence-corrected chi connectivity index (χ3v) is 4.52. The number of aliphatic carboxylic acids is 1. The first-order valence-electron chi connectivity index (χ1n) is 8.10.